The fourth-order valence-corrected chi connectivity index (χ4v) is 0.946. The maximum absolute atomic E-state index is 11.1. The molecular weight excluding hydrogens is 176 g/mol. The molecule has 1 fully saturated rings. The van der Waals surface area contributed by atoms with E-state index in [0.717, 1.165) is 0 Å². The summed E-state index contributed by atoms with van der Waals surface area (Å²) in [6.07, 6.45) is 0.295. The van der Waals surface area contributed by atoms with Gasteiger partial charge >= 0.3 is 11.9 Å². The number of aliphatic hydroxyl groups excluding tert-OH is 1. The molecule has 0 radical (unpaired) electrons. The van der Waals surface area contributed by atoms with Crippen molar-refractivity contribution in [3.8, 4) is 0 Å². The lowest BCUT2D eigenvalue weighted by Gasteiger charge is -2.21. The largest absolute Gasteiger partial charge is 0.515 e. The molecule has 1 aliphatic rings. The van der Waals surface area contributed by atoms with Gasteiger partial charge in [-0.2, -0.15) is 0 Å². The Morgan fingerprint density at radius 1 is 1.38 bits per heavy atom. The van der Waals surface area contributed by atoms with Crippen LogP contribution in [0.15, 0.2) is 11.8 Å². The van der Waals surface area contributed by atoms with Crippen molar-refractivity contribution in [1.82, 2.24) is 0 Å². The highest BCUT2D eigenvalue weighted by Gasteiger charge is 2.34. The first-order valence-electron chi connectivity index (χ1n) is 3.73. The SMILES string of the molecule is CC1(C)OC(=O)C/C(=C/O)C(=O)O1. The van der Waals surface area contributed by atoms with Crippen molar-refractivity contribution in [3.63, 3.8) is 0 Å². The normalized spacial score (nSPS) is 24.9. The minimum absolute atomic E-state index is 0.101. The molecule has 0 bridgehead atoms. The van der Waals surface area contributed by atoms with Gasteiger partial charge in [0.2, 0.25) is 0 Å². The van der Waals surface area contributed by atoms with Crippen LogP contribution in [0, 0.1) is 0 Å². The molecule has 5 nitrogen and oxygen atoms in total. The van der Waals surface area contributed by atoms with Crippen molar-refractivity contribution >= 4 is 11.9 Å². The molecule has 72 valence electrons. The Kier molecular flexibility index (Phi) is 2.27. The summed E-state index contributed by atoms with van der Waals surface area (Å²) in [7, 11) is 0. The van der Waals surface area contributed by atoms with E-state index in [0.29, 0.717) is 6.26 Å². The number of carbonyl (C=O) groups excluding carboxylic acids is 2. The third-order valence-electron chi connectivity index (χ3n) is 1.45. The summed E-state index contributed by atoms with van der Waals surface area (Å²) in [4.78, 5) is 22.1. The van der Waals surface area contributed by atoms with Crippen molar-refractivity contribution in [3.05, 3.63) is 11.8 Å². The number of cyclic esters (lactones) is 2. The van der Waals surface area contributed by atoms with Gasteiger partial charge in [-0.05, 0) is 0 Å². The number of ether oxygens (including phenoxy) is 2. The highest BCUT2D eigenvalue weighted by molar-refractivity contribution is 5.94. The minimum Gasteiger partial charge on any atom is -0.515 e. The van der Waals surface area contributed by atoms with Gasteiger partial charge in [0, 0.05) is 13.8 Å². The predicted molar refractivity (Wildman–Crippen MR) is 41.6 cm³/mol. The van der Waals surface area contributed by atoms with Crippen LogP contribution in [0.1, 0.15) is 20.3 Å². The van der Waals surface area contributed by atoms with Crippen molar-refractivity contribution in [2.45, 2.75) is 26.1 Å². The summed E-state index contributed by atoms with van der Waals surface area (Å²) >= 11 is 0. The summed E-state index contributed by atoms with van der Waals surface area (Å²) in [6.45, 7) is 2.90. The van der Waals surface area contributed by atoms with Gasteiger partial charge in [0.05, 0.1) is 18.3 Å². The van der Waals surface area contributed by atoms with Crippen molar-refractivity contribution in [1.29, 1.82) is 0 Å². The molecule has 1 aliphatic heterocycles. The number of esters is 2. The van der Waals surface area contributed by atoms with E-state index in [2.05, 4.69) is 0 Å². The van der Waals surface area contributed by atoms with Gasteiger partial charge < -0.3 is 14.6 Å². The highest BCUT2D eigenvalue weighted by atomic mass is 16.7. The second-order valence-corrected chi connectivity index (χ2v) is 3.09. The molecule has 1 saturated heterocycles. The fraction of sp³-hybridized carbons (Fsp3) is 0.500. The third-order valence-corrected chi connectivity index (χ3v) is 1.45. The fourth-order valence-electron chi connectivity index (χ4n) is 0.946. The first-order chi connectivity index (χ1) is 5.94. The molecular formula is C8H10O5. The van der Waals surface area contributed by atoms with Crippen LogP contribution in [-0.4, -0.2) is 22.8 Å². The zero-order valence-electron chi connectivity index (χ0n) is 7.36. The lowest BCUT2D eigenvalue weighted by atomic mass is 10.2. The van der Waals surface area contributed by atoms with E-state index in [1.807, 2.05) is 0 Å². The molecule has 0 atom stereocenters. The molecule has 0 saturated carbocycles. The van der Waals surface area contributed by atoms with Crippen LogP contribution in [0.25, 0.3) is 0 Å². The molecule has 0 aromatic rings. The Bertz CT molecular complexity index is 276. The molecule has 0 aromatic heterocycles. The van der Waals surface area contributed by atoms with E-state index in [1.54, 1.807) is 0 Å². The number of carbonyl (C=O) groups is 2. The quantitative estimate of drug-likeness (QED) is 0.341. The summed E-state index contributed by atoms with van der Waals surface area (Å²) < 4.78 is 9.53. The Labute approximate surface area is 74.9 Å². The van der Waals surface area contributed by atoms with E-state index >= 15 is 0 Å². The van der Waals surface area contributed by atoms with Crippen LogP contribution in [0.5, 0.6) is 0 Å². The topological polar surface area (TPSA) is 72.8 Å². The summed E-state index contributed by atoms with van der Waals surface area (Å²) in [5, 5.41) is 8.60. The standard InChI is InChI=1S/C8H10O5/c1-8(2)12-6(10)3-5(4-9)7(11)13-8/h4,9H,3H2,1-2H3/b5-4-. The monoisotopic (exact) mass is 186 g/mol. The molecule has 1 rings (SSSR count). The van der Waals surface area contributed by atoms with Crippen molar-refractivity contribution in [2.75, 3.05) is 0 Å². The molecule has 13 heavy (non-hydrogen) atoms. The Balaban J connectivity index is 2.93. The zero-order valence-corrected chi connectivity index (χ0v) is 7.36. The van der Waals surface area contributed by atoms with Crippen molar-refractivity contribution < 1.29 is 24.2 Å². The van der Waals surface area contributed by atoms with Crippen LogP contribution >= 0.6 is 0 Å². The number of rotatable bonds is 0. The van der Waals surface area contributed by atoms with Crippen LogP contribution in [0.4, 0.5) is 0 Å². The van der Waals surface area contributed by atoms with Gasteiger partial charge in [-0.3, -0.25) is 4.79 Å². The second kappa shape index (κ2) is 3.08. The van der Waals surface area contributed by atoms with E-state index < -0.39 is 17.7 Å². The first-order valence-corrected chi connectivity index (χ1v) is 3.73. The van der Waals surface area contributed by atoms with Gasteiger partial charge in [0.15, 0.2) is 0 Å². The van der Waals surface area contributed by atoms with Crippen LogP contribution in [0.2, 0.25) is 0 Å². The van der Waals surface area contributed by atoms with Crippen LogP contribution < -0.4 is 0 Å². The van der Waals surface area contributed by atoms with E-state index in [9.17, 15) is 9.59 Å². The third kappa shape index (κ3) is 2.21. The van der Waals surface area contributed by atoms with Gasteiger partial charge in [0.1, 0.15) is 0 Å². The molecule has 0 aromatic carbocycles. The first kappa shape index (κ1) is 9.57. The van der Waals surface area contributed by atoms with Crippen LogP contribution in [-0.2, 0) is 19.1 Å². The maximum atomic E-state index is 11.1. The van der Waals surface area contributed by atoms with Gasteiger partial charge in [-0.25, -0.2) is 4.79 Å². The number of aliphatic hydroxyl groups is 1. The molecule has 0 amide bonds. The highest BCUT2D eigenvalue weighted by Crippen LogP contribution is 2.21. The Hall–Kier alpha value is -1.52. The smallest absolute Gasteiger partial charge is 0.340 e. The Morgan fingerprint density at radius 3 is 2.54 bits per heavy atom. The number of hydrogen-bond donors (Lipinski definition) is 1. The summed E-state index contributed by atoms with van der Waals surface area (Å²) in [6, 6.07) is 0. The zero-order chi connectivity index (χ0) is 10.1. The predicted octanol–water partition coefficient (Wildman–Crippen LogP) is 0.654. The molecule has 5 heteroatoms. The molecule has 0 spiro atoms. The number of hydrogen-bond acceptors (Lipinski definition) is 5. The molecule has 1 N–H and O–H groups in total. The molecule has 1 heterocycles. The van der Waals surface area contributed by atoms with Gasteiger partial charge in [0.25, 0.3) is 5.79 Å². The van der Waals surface area contributed by atoms with E-state index in [4.69, 9.17) is 14.6 Å². The average molecular weight is 186 g/mol. The summed E-state index contributed by atoms with van der Waals surface area (Å²) in [5.74, 6) is -2.60. The van der Waals surface area contributed by atoms with Crippen LogP contribution in [0.3, 0.4) is 0 Å². The van der Waals surface area contributed by atoms with E-state index in [1.165, 1.54) is 13.8 Å². The lowest BCUT2D eigenvalue weighted by molar-refractivity contribution is -0.207. The van der Waals surface area contributed by atoms with Gasteiger partial charge in [-0.1, -0.05) is 0 Å². The van der Waals surface area contributed by atoms with Crippen molar-refractivity contribution in [2.24, 2.45) is 0 Å². The van der Waals surface area contributed by atoms with E-state index in [-0.39, 0.29) is 12.0 Å². The lowest BCUT2D eigenvalue weighted by Crippen LogP contribution is -2.30. The maximum Gasteiger partial charge on any atom is 0.340 e. The van der Waals surface area contributed by atoms with Gasteiger partial charge in [-0.15, -0.1) is 0 Å². The average Bonchev–Trinajstić information content (AvgIpc) is 2.05. The molecule has 0 unspecified atom stereocenters. The Morgan fingerprint density at radius 2 is 2.00 bits per heavy atom. The minimum atomic E-state index is -1.26. The summed E-state index contributed by atoms with van der Waals surface area (Å²) in [5.41, 5.74) is -0.101. The molecule has 0 aliphatic carbocycles. The second-order valence-electron chi connectivity index (χ2n) is 3.09.